The number of aliphatic hydroxyl groups excluding tert-OH is 1. The van der Waals surface area contributed by atoms with Gasteiger partial charge in [0.1, 0.15) is 0 Å². The molecule has 0 aliphatic heterocycles. The molecule has 1 aromatic carbocycles. The summed E-state index contributed by atoms with van der Waals surface area (Å²) < 4.78 is 0. The van der Waals surface area contributed by atoms with Crippen LogP contribution in [-0.4, -0.2) is 23.8 Å². The molecule has 3 atom stereocenters. The monoisotopic (exact) mass is 296 g/mol. The molecule has 0 bridgehead atoms. The summed E-state index contributed by atoms with van der Waals surface area (Å²) >= 11 is 5.93. The quantitative estimate of drug-likeness (QED) is 0.800. The Bertz CT molecular complexity index is 467. The third kappa shape index (κ3) is 4.12. The molecule has 1 saturated carbocycles. The maximum Gasteiger partial charge on any atom is 0.315 e. The number of hydrogen-bond acceptors (Lipinski definition) is 2. The van der Waals surface area contributed by atoms with Crippen molar-refractivity contribution in [1.82, 2.24) is 10.6 Å². The van der Waals surface area contributed by atoms with E-state index < -0.39 is 0 Å². The van der Waals surface area contributed by atoms with Gasteiger partial charge in [0.15, 0.2) is 0 Å². The smallest absolute Gasteiger partial charge is 0.315 e. The second-order valence-corrected chi connectivity index (χ2v) is 5.83. The Morgan fingerprint density at radius 2 is 2.30 bits per heavy atom. The van der Waals surface area contributed by atoms with Crippen LogP contribution in [0.5, 0.6) is 0 Å². The maximum atomic E-state index is 11.8. The van der Waals surface area contributed by atoms with Crippen LogP contribution in [0.4, 0.5) is 4.79 Å². The highest BCUT2D eigenvalue weighted by atomic mass is 35.5. The summed E-state index contributed by atoms with van der Waals surface area (Å²) in [6.45, 7) is 2.44. The van der Waals surface area contributed by atoms with E-state index in [1.165, 1.54) is 0 Å². The van der Waals surface area contributed by atoms with Crippen LogP contribution in [0.25, 0.3) is 0 Å². The molecule has 3 N–H and O–H groups in total. The Morgan fingerprint density at radius 1 is 1.50 bits per heavy atom. The molecule has 1 aliphatic rings. The SMILES string of the molecule is C[C@H](NC(=O)NC[C@@H]1CCC[C@@H]1O)c1cccc(Cl)c1. The lowest BCUT2D eigenvalue weighted by molar-refractivity contribution is 0.132. The van der Waals surface area contributed by atoms with Crippen molar-refractivity contribution < 1.29 is 9.90 Å². The number of urea groups is 1. The fourth-order valence-corrected chi connectivity index (χ4v) is 2.78. The summed E-state index contributed by atoms with van der Waals surface area (Å²) in [5, 5.41) is 16.1. The zero-order chi connectivity index (χ0) is 14.5. The fraction of sp³-hybridized carbons (Fsp3) is 0.533. The number of carbonyl (C=O) groups excluding carboxylic acids is 1. The molecule has 4 nitrogen and oxygen atoms in total. The van der Waals surface area contributed by atoms with E-state index in [0.29, 0.717) is 11.6 Å². The summed E-state index contributed by atoms with van der Waals surface area (Å²) in [6, 6.07) is 7.12. The number of benzene rings is 1. The highest BCUT2D eigenvalue weighted by molar-refractivity contribution is 6.30. The van der Waals surface area contributed by atoms with E-state index in [1.54, 1.807) is 6.07 Å². The molecule has 0 heterocycles. The average Bonchev–Trinajstić information content (AvgIpc) is 2.82. The molecule has 5 heteroatoms. The van der Waals surface area contributed by atoms with Crippen LogP contribution >= 0.6 is 11.6 Å². The third-order valence-electron chi connectivity index (χ3n) is 3.84. The predicted molar refractivity (Wildman–Crippen MR) is 79.7 cm³/mol. The van der Waals surface area contributed by atoms with E-state index in [2.05, 4.69) is 10.6 Å². The molecule has 110 valence electrons. The van der Waals surface area contributed by atoms with Crippen molar-refractivity contribution in [2.75, 3.05) is 6.54 Å². The van der Waals surface area contributed by atoms with Crippen LogP contribution in [0.15, 0.2) is 24.3 Å². The van der Waals surface area contributed by atoms with E-state index in [9.17, 15) is 9.90 Å². The molecule has 0 radical (unpaired) electrons. The number of aliphatic hydroxyl groups is 1. The van der Waals surface area contributed by atoms with Gasteiger partial charge >= 0.3 is 6.03 Å². The Hall–Kier alpha value is -1.26. The minimum atomic E-state index is -0.277. The van der Waals surface area contributed by atoms with E-state index in [1.807, 2.05) is 25.1 Å². The topological polar surface area (TPSA) is 61.4 Å². The van der Waals surface area contributed by atoms with Crippen molar-refractivity contribution in [3.63, 3.8) is 0 Å². The molecule has 0 unspecified atom stereocenters. The number of amides is 2. The molecule has 0 spiro atoms. The van der Waals surface area contributed by atoms with Crippen molar-refractivity contribution in [2.45, 2.75) is 38.3 Å². The zero-order valence-corrected chi connectivity index (χ0v) is 12.4. The number of halogens is 1. The Kier molecular flexibility index (Phi) is 5.26. The van der Waals surface area contributed by atoms with E-state index >= 15 is 0 Å². The Morgan fingerprint density at radius 3 is 2.95 bits per heavy atom. The van der Waals surface area contributed by atoms with Crippen LogP contribution in [0.2, 0.25) is 5.02 Å². The minimum Gasteiger partial charge on any atom is -0.393 e. The van der Waals surface area contributed by atoms with Gasteiger partial charge in [-0.25, -0.2) is 4.79 Å². The number of nitrogens with one attached hydrogen (secondary N) is 2. The summed E-state index contributed by atoms with van der Waals surface area (Å²) in [7, 11) is 0. The van der Waals surface area contributed by atoms with Gasteiger partial charge in [-0.1, -0.05) is 30.2 Å². The van der Waals surface area contributed by atoms with Crippen LogP contribution < -0.4 is 10.6 Å². The summed E-state index contributed by atoms with van der Waals surface area (Å²) in [5.74, 6) is 0.183. The first-order valence-electron chi connectivity index (χ1n) is 7.04. The van der Waals surface area contributed by atoms with E-state index in [4.69, 9.17) is 11.6 Å². The lowest BCUT2D eigenvalue weighted by Gasteiger charge is -2.18. The van der Waals surface area contributed by atoms with Crippen molar-refractivity contribution >= 4 is 17.6 Å². The van der Waals surface area contributed by atoms with Gasteiger partial charge in [0, 0.05) is 17.5 Å². The normalized spacial score (nSPS) is 23.4. The second kappa shape index (κ2) is 6.95. The number of hydrogen-bond donors (Lipinski definition) is 3. The predicted octanol–water partition coefficient (Wildman–Crippen LogP) is 2.86. The van der Waals surface area contributed by atoms with Crippen LogP contribution in [-0.2, 0) is 0 Å². The first kappa shape index (κ1) is 15.1. The zero-order valence-electron chi connectivity index (χ0n) is 11.6. The first-order chi connectivity index (χ1) is 9.56. The van der Waals surface area contributed by atoms with Gasteiger partial charge in [0.05, 0.1) is 12.1 Å². The van der Waals surface area contributed by atoms with Crippen LogP contribution in [0.1, 0.15) is 37.8 Å². The van der Waals surface area contributed by atoms with Crippen LogP contribution in [0.3, 0.4) is 0 Å². The van der Waals surface area contributed by atoms with Crippen molar-refractivity contribution in [3.8, 4) is 0 Å². The molecule has 0 saturated heterocycles. The largest absolute Gasteiger partial charge is 0.393 e. The second-order valence-electron chi connectivity index (χ2n) is 5.39. The summed E-state index contributed by atoms with van der Waals surface area (Å²) in [5.41, 5.74) is 0.966. The standard InChI is InChI=1S/C15H21ClN2O2/c1-10(11-4-2-6-13(16)8-11)18-15(20)17-9-12-5-3-7-14(12)19/h2,4,6,8,10,12,14,19H,3,5,7,9H2,1H3,(H2,17,18,20)/t10-,12-,14-/m0/s1. The first-order valence-corrected chi connectivity index (χ1v) is 7.42. The van der Waals surface area contributed by atoms with Gasteiger partial charge in [0.2, 0.25) is 0 Å². The van der Waals surface area contributed by atoms with Crippen molar-refractivity contribution in [1.29, 1.82) is 0 Å². The van der Waals surface area contributed by atoms with Gasteiger partial charge in [-0.3, -0.25) is 0 Å². The highest BCUT2D eigenvalue weighted by Gasteiger charge is 2.25. The lowest BCUT2D eigenvalue weighted by atomic mass is 10.1. The average molecular weight is 297 g/mol. The lowest BCUT2D eigenvalue weighted by Crippen LogP contribution is -2.40. The van der Waals surface area contributed by atoms with Gasteiger partial charge < -0.3 is 15.7 Å². The third-order valence-corrected chi connectivity index (χ3v) is 4.08. The fourth-order valence-electron chi connectivity index (χ4n) is 2.59. The highest BCUT2D eigenvalue weighted by Crippen LogP contribution is 2.24. The van der Waals surface area contributed by atoms with Gasteiger partial charge in [-0.2, -0.15) is 0 Å². The molecular weight excluding hydrogens is 276 g/mol. The van der Waals surface area contributed by atoms with E-state index in [0.717, 1.165) is 24.8 Å². The number of carbonyl (C=O) groups is 1. The molecule has 0 aromatic heterocycles. The molecule has 1 fully saturated rings. The Labute approximate surface area is 124 Å². The molecule has 1 aliphatic carbocycles. The molecule has 20 heavy (non-hydrogen) atoms. The maximum absolute atomic E-state index is 11.8. The van der Waals surface area contributed by atoms with Crippen LogP contribution in [0, 0.1) is 5.92 Å². The Balaban J connectivity index is 1.79. The number of rotatable bonds is 4. The molecular formula is C15H21ClN2O2. The molecule has 1 aromatic rings. The molecule has 2 rings (SSSR count). The minimum absolute atomic E-state index is 0.109. The van der Waals surface area contributed by atoms with Crippen molar-refractivity contribution in [3.05, 3.63) is 34.9 Å². The van der Waals surface area contributed by atoms with Gasteiger partial charge in [0.25, 0.3) is 0 Å². The summed E-state index contributed by atoms with van der Waals surface area (Å²) in [6.07, 6.45) is 2.58. The summed E-state index contributed by atoms with van der Waals surface area (Å²) in [4.78, 5) is 11.8. The molecule has 2 amide bonds. The van der Waals surface area contributed by atoms with Gasteiger partial charge in [-0.15, -0.1) is 0 Å². The van der Waals surface area contributed by atoms with Gasteiger partial charge in [-0.05, 0) is 37.5 Å². The van der Waals surface area contributed by atoms with Crippen molar-refractivity contribution in [2.24, 2.45) is 5.92 Å². The van der Waals surface area contributed by atoms with E-state index in [-0.39, 0.29) is 24.1 Å².